The van der Waals surface area contributed by atoms with Gasteiger partial charge in [0, 0.05) is 0 Å². The van der Waals surface area contributed by atoms with Gasteiger partial charge >= 0.3 is 11.9 Å². The molecule has 5 heteroatoms. The number of aliphatic hydroxyl groups is 1. The summed E-state index contributed by atoms with van der Waals surface area (Å²) in [5, 5.41) is 12.3. The normalized spacial score (nSPS) is 16.4. The maximum atomic E-state index is 11.7. The van der Waals surface area contributed by atoms with Crippen molar-refractivity contribution in [1.29, 1.82) is 0 Å². The summed E-state index contributed by atoms with van der Waals surface area (Å²) in [4.78, 5) is 23.1. The van der Waals surface area contributed by atoms with Crippen molar-refractivity contribution in [3.05, 3.63) is 0 Å². The van der Waals surface area contributed by atoms with Crippen LogP contribution >= 0.6 is 0 Å². The second-order valence-corrected chi connectivity index (χ2v) is 4.58. The minimum atomic E-state index is -1.26. The van der Waals surface area contributed by atoms with Crippen LogP contribution in [0.3, 0.4) is 0 Å². The van der Waals surface area contributed by atoms with Crippen molar-refractivity contribution in [2.45, 2.75) is 46.3 Å². The third kappa shape index (κ3) is 4.83. The van der Waals surface area contributed by atoms with Crippen molar-refractivity contribution in [2.75, 3.05) is 7.05 Å². The number of aliphatic hydroxyl groups excluding tert-OH is 1. The molecule has 100 valence electrons. The van der Waals surface area contributed by atoms with Crippen LogP contribution in [0.4, 0.5) is 0 Å². The Balaban J connectivity index is 4.47. The molecular formula is C12H23NO4. The first-order valence-electron chi connectivity index (χ1n) is 5.95. The zero-order valence-corrected chi connectivity index (χ0v) is 11.2. The fourth-order valence-corrected chi connectivity index (χ4v) is 1.37. The van der Waals surface area contributed by atoms with Gasteiger partial charge in [-0.3, -0.25) is 0 Å². The van der Waals surface area contributed by atoms with Gasteiger partial charge in [-0.25, -0.2) is 9.59 Å². The Kier molecular flexibility index (Phi) is 6.99. The van der Waals surface area contributed by atoms with E-state index in [1.165, 1.54) is 0 Å². The molecule has 0 bridgehead atoms. The lowest BCUT2D eigenvalue weighted by molar-refractivity contribution is -0.169. The van der Waals surface area contributed by atoms with Crippen LogP contribution < -0.4 is 5.32 Å². The summed E-state index contributed by atoms with van der Waals surface area (Å²) in [5.41, 5.74) is 0. The summed E-state index contributed by atoms with van der Waals surface area (Å²) in [7, 11) is 1.64. The first kappa shape index (κ1) is 16.1. The molecule has 0 spiro atoms. The van der Waals surface area contributed by atoms with Gasteiger partial charge in [0.15, 0.2) is 6.10 Å². The Bertz CT molecular complexity index is 265. The van der Waals surface area contributed by atoms with Gasteiger partial charge in [0.25, 0.3) is 0 Å². The van der Waals surface area contributed by atoms with E-state index >= 15 is 0 Å². The van der Waals surface area contributed by atoms with Crippen molar-refractivity contribution >= 4 is 11.9 Å². The maximum absolute atomic E-state index is 11.7. The van der Waals surface area contributed by atoms with E-state index in [1.54, 1.807) is 20.9 Å². The Morgan fingerprint density at radius 3 is 2.12 bits per heavy atom. The zero-order valence-electron chi connectivity index (χ0n) is 11.2. The van der Waals surface area contributed by atoms with Crippen LogP contribution in [0, 0.1) is 11.8 Å². The Hall–Kier alpha value is -0.940. The first-order valence-corrected chi connectivity index (χ1v) is 5.95. The Morgan fingerprint density at radius 1 is 1.24 bits per heavy atom. The van der Waals surface area contributed by atoms with Gasteiger partial charge in [-0.2, -0.15) is 0 Å². The predicted molar refractivity (Wildman–Crippen MR) is 64.2 cm³/mol. The van der Waals surface area contributed by atoms with Gasteiger partial charge in [-0.1, -0.05) is 34.1 Å². The van der Waals surface area contributed by atoms with Gasteiger partial charge in [0.2, 0.25) is 0 Å². The minimum Gasteiger partial charge on any atom is -0.390 e. The summed E-state index contributed by atoms with van der Waals surface area (Å²) in [6.07, 6.45) is -0.463. The molecule has 0 saturated heterocycles. The second-order valence-electron chi connectivity index (χ2n) is 4.58. The Labute approximate surface area is 103 Å². The number of likely N-dealkylation sites (N-methyl/N-ethyl adjacent to an activating group) is 1. The van der Waals surface area contributed by atoms with Crippen molar-refractivity contribution < 1.29 is 19.4 Å². The monoisotopic (exact) mass is 245 g/mol. The molecule has 0 radical (unpaired) electrons. The highest BCUT2D eigenvalue weighted by Crippen LogP contribution is 2.10. The van der Waals surface area contributed by atoms with Crippen molar-refractivity contribution in [3.8, 4) is 0 Å². The van der Waals surface area contributed by atoms with E-state index in [-0.39, 0.29) is 11.8 Å². The number of ether oxygens (including phenoxy) is 1. The average Bonchev–Trinajstić information content (AvgIpc) is 2.28. The van der Waals surface area contributed by atoms with Gasteiger partial charge in [0.1, 0.15) is 6.04 Å². The van der Waals surface area contributed by atoms with E-state index in [9.17, 15) is 14.7 Å². The second kappa shape index (κ2) is 7.40. The first-order chi connectivity index (χ1) is 7.84. The highest BCUT2D eigenvalue weighted by Gasteiger charge is 2.29. The number of esters is 2. The van der Waals surface area contributed by atoms with Gasteiger partial charge < -0.3 is 15.2 Å². The average molecular weight is 245 g/mol. The third-order valence-electron chi connectivity index (χ3n) is 2.85. The van der Waals surface area contributed by atoms with Crippen LogP contribution in [0.15, 0.2) is 0 Å². The largest absolute Gasteiger partial charge is 0.390 e. The maximum Gasteiger partial charge on any atom is 0.342 e. The van der Waals surface area contributed by atoms with E-state index in [1.807, 2.05) is 13.8 Å². The molecule has 2 N–H and O–H groups in total. The van der Waals surface area contributed by atoms with Crippen molar-refractivity contribution in [1.82, 2.24) is 5.32 Å². The minimum absolute atomic E-state index is 0.0662. The lowest BCUT2D eigenvalue weighted by Gasteiger charge is -2.21. The molecule has 5 nitrogen and oxygen atoms in total. The van der Waals surface area contributed by atoms with Crippen LogP contribution in [0.5, 0.6) is 0 Å². The van der Waals surface area contributed by atoms with Crippen LogP contribution in [0.25, 0.3) is 0 Å². The van der Waals surface area contributed by atoms with Gasteiger partial charge in [-0.15, -0.1) is 0 Å². The number of rotatable bonds is 6. The molecule has 3 atom stereocenters. The highest BCUT2D eigenvalue weighted by molar-refractivity contribution is 5.90. The molecule has 0 aromatic carbocycles. The fourth-order valence-electron chi connectivity index (χ4n) is 1.37. The number of carbonyl (C=O) groups excluding carboxylic acids is 2. The fraction of sp³-hybridized carbons (Fsp3) is 0.833. The molecule has 0 amide bonds. The standard InChI is InChI=1S/C12H23NO4/c1-6-8(4)9(13-5)11(15)17-12(16)10(14)7(2)3/h7-10,13-14H,6H2,1-5H3/t8-,9-,10?/m0/s1. The van der Waals surface area contributed by atoms with Crippen LogP contribution in [0.1, 0.15) is 34.1 Å². The molecular weight excluding hydrogens is 222 g/mol. The molecule has 0 fully saturated rings. The van der Waals surface area contributed by atoms with Crippen molar-refractivity contribution in [3.63, 3.8) is 0 Å². The van der Waals surface area contributed by atoms with Crippen LogP contribution in [-0.2, 0) is 14.3 Å². The molecule has 0 aliphatic heterocycles. The summed E-state index contributed by atoms with van der Waals surface area (Å²) < 4.78 is 4.66. The lowest BCUT2D eigenvalue weighted by atomic mass is 9.99. The summed E-state index contributed by atoms with van der Waals surface area (Å²) in [6.45, 7) is 7.21. The molecule has 0 aromatic rings. The topological polar surface area (TPSA) is 75.6 Å². The smallest absolute Gasteiger partial charge is 0.342 e. The summed E-state index contributed by atoms with van der Waals surface area (Å²) in [5.74, 6) is -1.72. The zero-order chi connectivity index (χ0) is 13.6. The van der Waals surface area contributed by atoms with Gasteiger partial charge in [0.05, 0.1) is 0 Å². The molecule has 0 heterocycles. The number of hydrogen-bond acceptors (Lipinski definition) is 5. The lowest BCUT2D eigenvalue weighted by Crippen LogP contribution is -2.43. The van der Waals surface area contributed by atoms with Crippen molar-refractivity contribution in [2.24, 2.45) is 11.8 Å². The molecule has 17 heavy (non-hydrogen) atoms. The van der Waals surface area contributed by atoms with E-state index in [2.05, 4.69) is 10.1 Å². The Morgan fingerprint density at radius 2 is 1.76 bits per heavy atom. The van der Waals surface area contributed by atoms with E-state index in [4.69, 9.17) is 0 Å². The predicted octanol–water partition coefficient (Wildman–Crippen LogP) is 0.707. The third-order valence-corrected chi connectivity index (χ3v) is 2.85. The molecule has 0 saturated carbocycles. The van der Waals surface area contributed by atoms with E-state index in [0.717, 1.165) is 6.42 Å². The van der Waals surface area contributed by atoms with E-state index < -0.39 is 24.1 Å². The van der Waals surface area contributed by atoms with Crippen LogP contribution in [0.2, 0.25) is 0 Å². The van der Waals surface area contributed by atoms with Gasteiger partial charge in [-0.05, 0) is 18.9 Å². The quantitative estimate of drug-likeness (QED) is 0.532. The number of nitrogens with one attached hydrogen (secondary N) is 1. The molecule has 0 aromatic heterocycles. The molecule has 1 unspecified atom stereocenters. The summed E-state index contributed by atoms with van der Waals surface area (Å²) in [6, 6.07) is -0.525. The molecule has 0 aliphatic rings. The number of hydrogen-bond donors (Lipinski definition) is 2. The van der Waals surface area contributed by atoms with Crippen LogP contribution in [-0.4, -0.2) is 36.2 Å². The SMILES string of the molecule is CC[C@H](C)[C@H](NC)C(=O)OC(=O)C(O)C(C)C. The molecule has 0 rings (SSSR count). The highest BCUT2D eigenvalue weighted by atomic mass is 16.6. The number of carbonyl (C=O) groups is 2. The van der Waals surface area contributed by atoms with E-state index in [0.29, 0.717) is 0 Å². The molecule has 0 aliphatic carbocycles. The summed E-state index contributed by atoms with van der Waals surface area (Å²) >= 11 is 0.